The average Bonchev–Trinajstić information content (AvgIpc) is 3.54. The third-order valence-electron chi connectivity index (χ3n) is 8.19. The monoisotopic (exact) mass is 472 g/mol. The highest BCUT2D eigenvalue weighted by atomic mass is 32.2. The predicted octanol–water partition coefficient (Wildman–Crippen LogP) is 2.15. The molecule has 178 valence electrons. The van der Waals surface area contributed by atoms with Crippen LogP contribution in [-0.2, 0) is 14.8 Å². The second kappa shape index (κ2) is 8.15. The third-order valence-corrected chi connectivity index (χ3v) is 10.1. The normalized spacial score (nSPS) is 27.8. The van der Waals surface area contributed by atoms with Crippen LogP contribution in [0.25, 0.3) is 0 Å². The molecule has 0 amide bonds. The van der Waals surface area contributed by atoms with Crippen LogP contribution in [0.5, 0.6) is 0 Å². The quantitative estimate of drug-likeness (QED) is 0.668. The Morgan fingerprint density at radius 3 is 2.67 bits per heavy atom. The zero-order valence-electron chi connectivity index (χ0n) is 19.0. The van der Waals surface area contributed by atoms with E-state index in [-0.39, 0.29) is 22.1 Å². The first-order chi connectivity index (χ1) is 16.0. The first-order valence-corrected chi connectivity index (χ1v) is 13.7. The summed E-state index contributed by atoms with van der Waals surface area (Å²) < 4.78 is 34.4. The molecule has 2 saturated heterocycles. The summed E-state index contributed by atoms with van der Waals surface area (Å²) in [6.45, 7) is 5.88. The number of carbonyl (C=O) groups is 1. The molecule has 0 N–H and O–H groups in total. The molecule has 1 aliphatic carbocycles. The van der Waals surface area contributed by atoms with Crippen LogP contribution in [0.15, 0.2) is 28.1 Å². The smallest absolute Gasteiger partial charge is 0.243 e. The van der Waals surface area contributed by atoms with Crippen molar-refractivity contribution >= 4 is 27.3 Å². The first kappa shape index (κ1) is 21.7. The number of carbonyl (C=O) groups excluding carboxylic acids is 1. The predicted molar refractivity (Wildman–Crippen MR) is 125 cm³/mol. The van der Waals surface area contributed by atoms with Gasteiger partial charge in [0, 0.05) is 50.7 Å². The van der Waals surface area contributed by atoms with Crippen LogP contribution in [0.3, 0.4) is 0 Å². The minimum absolute atomic E-state index is 0.0324. The molecule has 4 aliphatic heterocycles. The van der Waals surface area contributed by atoms with Gasteiger partial charge >= 0.3 is 0 Å². The molecule has 6 rings (SSSR count). The molecule has 0 bridgehead atoms. The molecule has 8 nitrogen and oxygen atoms in total. The number of anilines is 1. The summed E-state index contributed by atoms with van der Waals surface area (Å²) in [5.41, 5.74) is 1.46. The topological polar surface area (TPSA) is 82.5 Å². The van der Waals surface area contributed by atoms with E-state index in [9.17, 15) is 13.2 Å². The van der Waals surface area contributed by atoms with Crippen LogP contribution in [-0.4, -0.2) is 87.8 Å². The Labute approximate surface area is 195 Å². The zero-order valence-corrected chi connectivity index (χ0v) is 19.9. The molecule has 0 radical (unpaired) electrons. The van der Waals surface area contributed by atoms with Crippen LogP contribution < -0.4 is 4.90 Å². The van der Waals surface area contributed by atoms with Crippen LogP contribution >= 0.6 is 0 Å². The van der Waals surface area contributed by atoms with Crippen LogP contribution in [0.2, 0.25) is 0 Å². The van der Waals surface area contributed by atoms with E-state index in [2.05, 4.69) is 9.89 Å². The number of morpholine rings is 1. The SMILES string of the molecule is O=C1C2=NCC3(CCCC3)CN2c2ccc(S(=O)(=O)N3CCC[C@H]3CN3CCOCC3)cc21. The largest absolute Gasteiger partial charge is 0.379 e. The summed E-state index contributed by atoms with van der Waals surface area (Å²) >= 11 is 0. The lowest BCUT2D eigenvalue weighted by Crippen LogP contribution is -2.46. The molecule has 1 aromatic carbocycles. The van der Waals surface area contributed by atoms with E-state index < -0.39 is 10.0 Å². The van der Waals surface area contributed by atoms with E-state index in [1.165, 1.54) is 12.8 Å². The van der Waals surface area contributed by atoms with Gasteiger partial charge in [0.15, 0.2) is 5.84 Å². The highest BCUT2D eigenvalue weighted by Gasteiger charge is 2.46. The average molecular weight is 473 g/mol. The van der Waals surface area contributed by atoms with Crippen molar-refractivity contribution in [2.75, 3.05) is 57.4 Å². The molecule has 1 atom stereocenters. The van der Waals surface area contributed by atoms with E-state index >= 15 is 0 Å². The number of amidine groups is 1. The zero-order chi connectivity index (χ0) is 22.6. The van der Waals surface area contributed by atoms with Crippen molar-refractivity contribution in [1.29, 1.82) is 0 Å². The number of hydrogen-bond donors (Lipinski definition) is 0. The summed E-state index contributed by atoms with van der Waals surface area (Å²) in [4.78, 5) is 22.4. The van der Waals surface area contributed by atoms with Crippen LogP contribution in [0.1, 0.15) is 48.9 Å². The van der Waals surface area contributed by atoms with Crippen molar-refractivity contribution in [3.63, 3.8) is 0 Å². The standard InChI is InChI=1S/C24H32N4O4S/c29-22-20-14-19(5-6-21(20)27-17-24(7-1-2-8-24)16-25-23(22)27)33(30,31)28-9-3-4-18(28)15-26-10-12-32-13-11-26/h5-6,14,18H,1-4,7-13,15-17H2/t18-/m0/s1. The van der Waals surface area contributed by atoms with Crippen molar-refractivity contribution in [3.05, 3.63) is 23.8 Å². The number of ketones is 1. The van der Waals surface area contributed by atoms with Gasteiger partial charge in [-0.1, -0.05) is 12.8 Å². The lowest BCUT2D eigenvalue weighted by molar-refractivity contribution is 0.0312. The first-order valence-electron chi connectivity index (χ1n) is 12.3. The molecular formula is C24H32N4O4S. The number of rotatable bonds is 4. The van der Waals surface area contributed by atoms with Gasteiger partial charge in [-0.15, -0.1) is 0 Å². The van der Waals surface area contributed by atoms with Gasteiger partial charge in [0.25, 0.3) is 0 Å². The molecule has 0 unspecified atom stereocenters. The van der Waals surface area contributed by atoms with E-state index in [1.807, 2.05) is 11.0 Å². The third kappa shape index (κ3) is 3.64. The maximum Gasteiger partial charge on any atom is 0.243 e. The molecule has 4 heterocycles. The van der Waals surface area contributed by atoms with E-state index in [4.69, 9.17) is 4.74 Å². The second-order valence-corrected chi connectivity index (χ2v) is 12.2. The van der Waals surface area contributed by atoms with Gasteiger partial charge < -0.3 is 9.64 Å². The molecular weight excluding hydrogens is 440 g/mol. The van der Waals surface area contributed by atoms with E-state index in [0.29, 0.717) is 37.7 Å². The minimum Gasteiger partial charge on any atom is -0.379 e. The number of sulfonamides is 1. The summed E-state index contributed by atoms with van der Waals surface area (Å²) in [6.07, 6.45) is 6.47. The molecule has 33 heavy (non-hydrogen) atoms. The van der Waals surface area contributed by atoms with Crippen molar-refractivity contribution in [1.82, 2.24) is 9.21 Å². The molecule has 0 aromatic heterocycles. The van der Waals surface area contributed by atoms with Gasteiger partial charge in [-0.3, -0.25) is 14.7 Å². The summed E-state index contributed by atoms with van der Waals surface area (Å²) in [6, 6.07) is 5.07. The number of hydrogen-bond acceptors (Lipinski definition) is 7. The highest BCUT2D eigenvalue weighted by Crippen LogP contribution is 2.45. The number of aliphatic imine (C=N–C) groups is 1. The number of ether oxygens (including phenoxy) is 1. The van der Waals surface area contributed by atoms with Crippen molar-refractivity contribution < 1.29 is 17.9 Å². The Morgan fingerprint density at radius 2 is 1.88 bits per heavy atom. The van der Waals surface area contributed by atoms with Crippen molar-refractivity contribution in [3.8, 4) is 0 Å². The fourth-order valence-electron chi connectivity index (χ4n) is 6.36. The molecule has 5 aliphatic rings. The minimum atomic E-state index is -3.67. The van der Waals surface area contributed by atoms with Crippen LogP contribution in [0, 0.1) is 5.41 Å². The highest BCUT2D eigenvalue weighted by molar-refractivity contribution is 7.89. The Balaban J connectivity index is 1.27. The number of nitrogens with zero attached hydrogens (tertiary/aromatic N) is 4. The van der Waals surface area contributed by atoms with Crippen LogP contribution in [0.4, 0.5) is 5.69 Å². The molecule has 9 heteroatoms. The molecule has 1 spiro atoms. The van der Waals surface area contributed by atoms with Gasteiger partial charge in [0.1, 0.15) is 0 Å². The number of benzene rings is 1. The fraction of sp³-hybridized carbons (Fsp3) is 0.667. The lowest BCUT2D eigenvalue weighted by atomic mass is 9.84. The maximum atomic E-state index is 13.6. The van der Waals surface area contributed by atoms with E-state index in [1.54, 1.807) is 16.4 Å². The summed E-state index contributed by atoms with van der Waals surface area (Å²) in [7, 11) is -3.67. The fourth-order valence-corrected chi connectivity index (χ4v) is 8.07. The van der Waals surface area contributed by atoms with Gasteiger partial charge in [-0.25, -0.2) is 8.42 Å². The van der Waals surface area contributed by atoms with Gasteiger partial charge in [0.05, 0.1) is 29.4 Å². The Kier molecular flexibility index (Phi) is 5.36. The maximum absolute atomic E-state index is 13.6. The van der Waals surface area contributed by atoms with Crippen molar-refractivity contribution in [2.24, 2.45) is 10.4 Å². The Bertz CT molecular complexity index is 1090. The van der Waals surface area contributed by atoms with Gasteiger partial charge in [0.2, 0.25) is 15.8 Å². The summed E-state index contributed by atoms with van der Waals surface area (Å²) in [5, 5.41) is 0. The Morgan fingerprint density at radius 1 is 1.09 bits per heavy atom. The molecule has 1 aromatic rings. The van der Waals surface area contributed by atoms with Crippen molar-refractivity contribution in [2.45, 2.75) is 49.5 Å². The summed E-state index contributed by atoms with van der Waals surface area (Å²) in [5.74, 6) is 0.352. The van der Waals surface area contributed by atoms with Gasteiger partial charge in [-0.2, -0.15) is 4.31 Å². The second-order valence-electron chi connectivity index (χ2n) is 10.3. The lowest BCUT2D eigenvalue weighted by Gasteiger charge is -2.37. The van der Waals surface area contributed by atoms with Gasteiger partial charge in [-0.05, 0) is 43.9 Å². The Hall–Kier alpha value is -1.81. The molecule has 3 fully saturated rings. The molecule has 1 saturated carbocycles. The van der Waals surface area contributed by atoms with E-state index in [0.717, 1.165) is 57.5 Å². The number of Topliss-reactive ketones (excluding diaryl/α,β-unsaturated/α-hetero) is 1. The number of fused-ring (bicyclic) bond motifs is 3.